The van der Waals surface area contributed by atoms with Crippen LogP contribution in [0.15, 0.2) is 0 Å². The van der Waals surface area contributed by atoms with Gasteiger partial charge < -0.3 is 5.73 Å². The zero-order valence-electron chi connectivity index (χ0n) is 7.96. The highest BCUT2D eigenvalue weighted by Crippen LogP contribution is 2.20. The monoisotopic (exact) mass is 214 g/mol. The molecule has 1 aromatic heterocycles. The van der Waals surface area contributed by atoms with Gasteiger partial charge in [-0.3, -0.25) is 0 Å². The van der Waals surface area contributed by atoms with Crippen LogP contribution < -0.4 is 5.73 Å². The van der Waals surface area contributed by atoms with E-state index in [4.69, 9.17) is 18.0 Å². The summed E-state index contributed by atoms with van der Waals surface area (Å²) in [5, 5.41) is 1.15. The van der Waals surface area contributed by atoms with Crippen molar-refractivity contribution >= 4 is 28.5 Å². The molecule has 72 valence electrons. The first-order valence-electron chi connectivity index (χ1n) is 4.47. The van der Waals surface area contributed by atoms with E-state index in [-0.39, 0.29) is 0 Å². The van der Waals surface area contributed by atoms with E-state index in [0.29, 0.717) is 4.99 Å². The van der Waals surface area contributed by atoms with Crippen LogP contribution in [0.1, 0.15) is 35.8 Å². The lowest BCUT2D eigenvalue weighted by molar-refractivity contribution is 0.893. The van der Waals surface area contributed by atoms with E-state index in [1.54, 1.807) is 11.3 Å². The van der Waals surface area contributed by atoms with Crippen molar-refractivity contribution in [2.45, 2.75) is 33.1 Å². The summed E-state index contributed by atoms with van der Waals surface area (Å²) < 4.78 is 0. The highest BCUT2D eigenvalue weighted by atomic mass is 32.1. The van der Waals surface area contributed by atoms with Gasteiger partial charge in [-0.2, -0.15) is 0 Å². The Morgan fingerprint density at radius 1 is 1.54 bits per heavy atom. The molecule has 0 aromatic carbocycles. The second-order valence-corrected chi connectivity index (χ2v) is 4.37. The maximum Gasteiger partial charge on any atom is 0.116 e. The molecular formula is C9H14N2S2. The molecule has 0 saturated carbocycles. The molecule has 0 bridgehead atoms. The van der Waals surface area contributed by atoms with Crippen LogP contribution in [0.3, 0.4) is 0 Å². The van der Waals surface area contributed by atoms with Gasteiger partial charge in [0.25, 0.3) is 0 Å². The first-order chi connectivity index (χ1) is 6.19. The Kier molecular flexibility index (Phi) is 3.81. The molecule has 0 spiro atoms. The molecule has 0 radical (unpaired) electrons. The summed E-state index contributed by atoms with van der Waals surface area (Å²) in [5.74, 6) is 0. The molecule has 2 N–H and O–H groups in total. The quantitative estimate of drug-likeness (QED) is 0.782. The van der Waals surface area contributed by atoms with Gasteiger partial charge in [-0.1, -0.05) is 26.1 Å². The van der Waals surface area contributed by atoms with Crippen molar-refractivity contribution in [3.8, 4) is 0 Å². The molecule has 1 aromatic rings. The predicted octanol–water partition coefficient (Wildman–Crippen LogP) is 2.29. The minimum atomic E-state index is 0.483. The molecule has 1 rings (SSSR count). The molecule has 0 fully saturated rings. The van der Waals surface area contributed by atoms with Crippen LogP contribution in [0, 0.1) is 0 Å². The molecule has 0 amide bonds. The first kappa shape index (κ1) is 10.6. The summed E-state index contributed by atoms with van der Waals surface area (Å²) in [5.41, 5.74) is 6.66. The molecule has 2 nitrogen and oxygen atoms in total. The maximum absolute atomic E-state index is 5.60. The van der Waals surface area contributed by atoms with E-state index in [1.807, 2.05) is 0 Å². The summed E-state index contributed by atoms with van der Waals surface area (Å²) in [6.45, 7) is 4.22. The Morgan fingerprint density at radius 2 is 2.23 bits per heavy atom. The number of aryl methyl sites for hydroxylation is 2. The average Bonchev–Trinajstić information content (AvgIpc) is 2.48. The molecule has 0 aliphatic rings. The van der Waals surface area contributed by atoms with Gasteiger partial charge in [0, 0.05) is 0 Å². The molecule has 1 heterocycles. The number of hydrogen-bond acceptors (Lipinski definition) is 3. The molecule has 0 aliphatic carbocycles. The van der Waals surface area contributed by atoms with Crippen LogP contribution in [-0.4, -0.2) is 9.97 Å². The average molecular weight is 214 g/mol. The van der Waals surface area contributed by atoms with Crippen molar-refractivity contribution in [2.75, 3.05) is 0 Å². The van der Waals surface area contributed by atoms with Gasteiger partial charge in [0.2, 0.25) is 0 Å². The van der Waals surface area contributed by atoms with E-state index < -0.39 is 0 Å². The van der Waals surface area contributed by atoms with Gasteiger partial charge in [0.05, 0.1) is 15.6 Å². The Morgan fingerprint density at radius 3 is 2.62 bits per heavy atom. The third-order valence-electron chi connectivity index (χ3n) is 1.76. The smallest absolute Gasteiger partial charge is 0.116 e. The molecule has 0 atom stereocenters. The largest absolute Gasteiger partial charge is 0.389 e. The summed E-state index contributed by atoms with van der Waals surface area (Å²) in [7, 11) is 0. The molecule has 4 heteroatoms. The third kappa shape index (κ3) is 2.48. The highest BCUT2D eigenvalue weighted by Gasteiger charge is 2.10. The lowest BCUT2D eigenvalue weighted by Crippen LogP contribution is -2.09. The summed E-state index contributed by atoms with van der Waals surface area (Å²) >= 11 is 6.60. The second kappa shape index (κ2) is 4.67. The van der Waals surface area contributed by atoms with Crippen LogP contribution in [0.2, 0.25) is 0 Å². The Labute approximate surface area is 88.2 Å². The zero-order chi connectivity index (χ0) is 9.84. The van der Waals surface area contributed by atoms with Crippen molar-refractivity contribution in [1.82, 2.24) is 4.98 Å². The van der Waals surface area contributed by atoms with Gasteiger partial charge in [-0.25, -0.2) is 4.98 Å². The molecule has 0 unspecified atom stereocenters. The fourth-order valence-electron chi connectivity index (χ4n) is 1.15. The Balaban J connectivity index is 2.97. The summed E-state index contributed by atoms with van der Waals surface area (Å²) in [6.07, 6.45) is 3.06. The van der Waals surface area contributed by atoms with Gasteiger partial charge in [-0.15, -0.1) is 11.3 Å². The molecule has 0 aliphatic heterocycles. The van der Waals surface area contributed by atoms with Crippen molar-refractivity contribution in [3.63, 3.8) is 0 Å². The topological polar surface area (TPSA) is 38.9 Å². The van der Waals surface area contributed by atoms with Crippen molar-refractivity contribution in [1.29, 1.82) is 0 Å². The van der Waals surface area contributed by atoms with E-state index in [9.17, 15) is 0 Å². The number of nitrogens with zero attached hydrogens (tertiary/aromatic N) is 1. The standard InChI is InChI=1S/C9H14N2S2/c1-3-5-7-11-6(4-2)8(13-7)9(10)12/h3-5H2,1-2H3,(H2,10,12). The van der Waals surface area contributed by atoms with Gasteiger partial charge in [-0.05, 0) is 19.3 Å². The minimum absolute atomic E-state index is 0.483. The lowest BCUT2D eigenvalue weighted by Gasteiger charge is -1.93. The molecular weight excluding hydrogens is 200 g/mol. The van der Waals surface area contributed by atoms with Crippen LogP contribution in [-0.2, 0) is 12.8 Å². The van der Waals surface area contributed by atoms with Crippen molar-refractivity contribution < 1.29 is 0 Å². The fourth-order valence-corrected chi connectivity index (χ4v) is 2.50. The lowest BCUT2D eigenvalue weighted by atomic mass is 10.3. The molecule has 0 saturated heterocycles. The number of thiocarbonyl (C=S) groups is 1. The van der Waals surface area contributed by atoms with Gasteiger partial charge >= 0.3 is 0 Å². The number of rotatable bonds is 4. The van der Waals surface area contributed by atoms with Crippen LogP contribution in [0.25, 0.3) is 0 Å². The number of hydrogen-bond donors (Lipinski definition) is 1. The minimum Gasteiger partial charge on any atom is -0.389 e. The van der Waals surface area contributed by atoms with Crippen molar-refractivity contribution in [3.05, 3.63) is 15.6 Å². The molecule has 13 heavy (non-hydrogen) atoms. The Hall–Kier alpha value is -0.480. The number of nitrogens with two attached hydrogens (primary N) is 1. The van der Waals surface area contributed by atoms with E-state index >= 15 is 0 Å². The summed E-state index contributed by atoms with van der Waals surface area (Å²) in [6, 6.07) is 0. The first-order valence-corrected chi connectivity index (χ1v) is 5.69. The highest BCUT2D eigenvalue weighted by molar-refractivity contribution is 7.81. The maximum atomic E-state index is 5.60. The van der Waals surface area contributed by atoms with E-state index in [2.05, 4.69) is 18.8 Å². The van der Waals surface area contributed by atoms with Crippen molar-refractivity contribution in [2.24, 2.45) is 5.73 Å². The number of thiazole rings is 1. The van der Waals surface area contributed by atoms with Crippen LogP contribution in [0.5, 0.6) is 0 Å². The SMILES string of the molecule is CCCc1nc(CC)c(C(N)=S)s1. The predicted molar refractivity (Wildman–Crippen MR) is 61.4 cm³/mol. The normalized spacial score (nSPS) is 10.3. The second-order valence-electron chi connectivity index (χ2n) is 2.85. The third-order valence-corrected chi connectivity index (χ3v) is 3.29. The van der Waals surface area contributed by atoms with Gasteiger partial charge in [0.1, 0.15) is 4.99 Å². The fraction of sp³-hybridized carbons (Fsp3) is 0.556. The van der Waals surface area contributed by atoms with Crippen LogP contribution >= 0.6 is 23.6 Å². The van der Waals surface area contributed by atoms with Crippen LogP contribution in [0.4, 0.5) is 0 Å². The Bertz CT molecular complexity index is 305. The van der Waals surface area contributed by atoms with E-state index in [1.165, 1.54) is 0 Å². The zero-order valence-corrected chi connectivity index (χ0v) is 9.60. The summed E-state index contributed by atoms with van der Waals surface area (Å²) in [4.78, 5) is 5.97. The number of aromatic nitrogens is 1. The van der Waals surface area contributed by atoms with E-state index in [0.717, 1.165) is 34.8 Å². The van der Waals surface area contributed by atoms with Gasteiger partial charge in [0.15, 0.2) is 0 Å².